The van der Waals surface area contributed by atoms with Crippen LogP contribution in [-0.2, 0) is 11.3 Å². The highest BCUT2D eigenvalue weighted by Gasteiger charge is 2.07. The Kier molecular flexibility index (Phi) is 5.14. The molecular formula is C15H19ClN2O. The molecule has 1 N–H and O–H groups in total. The van der Waals surface area contributed by atoms with Gasteiger partial charge in [0, 0.05) is 35.8 Å². The average Bonchev–Trinajstić information content (AvgIpc) is 2.45. The number of halogens is 1. The van der Waals surface area contributed by atoms with Crippen LogP contribution in [0.1, 0.15) is 19.4 Å². The molecule has 0 fully saturated rings. The van der Waals surface area contributed by atoms with Crippen molar-refractivity contribution in [1.29, 1.82) is 0 Å². The second kappa shape index (κ2) is 6.85. The number of aromatic nitrogens is 1. The van der Waals surface area contributed by atoms with Crippen LogP contribution in [0.3, 0.4) is 0 Å². The Morgan fingerprint density at radius 2 is 2.21 bits per heavy atom. The van der Waals surface area contributed by atoms with Crippen LogP contribution in [0.4, 0.5) is 0 Å². The Balaban J connectivity index is 2.11. The van der Waals surface area contributed by atoms with Gasteiger partial charge >= 0.3 is 0 Å². The van der Waals surface area contributed by atoms with E-state index in [0.717, 1.165) is 41.2 Å². The lowest BCUT2D eigenvalue weighted by molar-refractivity contribution is 0.127. The molecule has 1 unspecified atom stereocenters. The van der Waals surface area contributed by atoms with Crippen LogP contribution in [0.15, 0.2) is 30.5 Å². The highest BCUT2D eigenvalue weighted by atomic mass is 35.5. The summed E-state index contributed by atoms with van der Waals surface area (Å²) < 4.78 is 5.39. The van der Waals surface area contributed by atoms with Crippen LogP contribution in [0.2, 0.25) is 5.02 Å². The molecule has 1 atom stereocenters. The van der Waals surface area contributed by atoms with E-state index in [1.807, 2.05) is 31.2 Å². The van der Waals surface area contributed by atoms with Gasteiger partial charge in [0.25, 0.3) is 0 Å². The summed E-state index contributed by atoms with van der Waals surface area (Å²) in [5.41, 5.74) is 2.12. The third-order valence-electron chi connectivity index (χ3n) is 3.01. The number of fused-ring (bicyclic) bond motifs is 1. The SMILES string of the molecule is CCOCC(C)NCc1ccc(Cl)c2cccnc12. The zero-order valence-corrected chi connectivity index (χ0v) is 12.1. The first kappa shape index (κ1) is 14.3. The number of hydrogen-bond acceptors (Lipinski definition) is 3. The van der Waals surface area contributed by atoms with Crippen molar-refractivity contribution >= 4 is 22.5 Å². The molecule has 1 aromatic heterocycles. The summed E-state index contributed by atoms with van der Waals surface area (Å²) in [5.74, 6) is 0. The van der Waals surface area contributed by atoms with E-state index in [9.17, 15) is 0 Å². The van der Waals surface area contributed by atoms with E-state index >= 15 is 0 Å². The molecule has 1 aromatic carbocycles. The topological polar surface area (TPSA) is 34.1 Å². The normalized spacial score (nSPS) is 12.8. The summed E-state index contributed by atoms with van der Waals surface area (Å²) in [5, 5.41) is 5.18. The van der Waals surface area contributed by atoms with Gasteiger partial charge in [-0.3, -0.25) is 4.98 Å². The molecule has 2 aromatic rings. The van der Waals surface area contributed by atoms with Crippen molar-refractivity contribution in [3.63, 3.8) is 0 Å². The van der Waals surface area contributed by atoms with E-state index in [-0.39, 0.29) is 0 Å². The molecule has 0 saturated heterocycles. The van der Waals surface area contributed by atoms with Crippen molar-refractivity contribution in [2.75, 3.05) is 13.2 Å². The maximum Gasteiger partial charge on any atom is 0.0761 e. The van der Waals surface area contributed by atoms with Gasteiger partial charge in [-0.25, -0.2) is 0 Å². The van der Waals surface area contributed by atoms with Crippen molar-refractivity contribution in [3.05, 3.63) is 41.0 Å². The van der Waals surface area contributed by atoms with Crippen LogP contribution in [0.5, 0.6) is 0 Å². The predicted octanol–water partition coefficient (Wildman–Crippen LogP) is 3.40. The lowest BCUT2D eigenvalue weighted by Gasteiger charge is -2.14. The number of nitrogens with zero attached hydrogens (tertiary/aromatic N) is 1. The van der Waals surface area contributed by atoms with E-state index in [2.05, 4.69) is 17.2 Å². The minimum Gasteiger partial charge on any atom is -0.380 e. The lowest BCUT2D eigenvalue weighted by atomic mass is 10.1. The molecule has 0 amide bonds. The molecule has 4 heteroatoms. The highest BCUT2D eigenvalue weighted by molar-refractivity contribution is 6.35. The summed E-state index contributed by atoms with van der Waals surface area (Å²) in [6, 6.07) is 8.17. The number of hydrogen-bond donors (Lipinski definition) is 1. The lowest BCUT2D eigenvalue weighted by Crippen LogP contribution is -2.30. The van der Waals surface area contributed by atoms with Crippen LogP contribution in [0, 0.1) is 0 Å². The quantitative estimate of drug-likeness (QED) is 0.879. The van der Waals surface area contributed by atoms with E-state index < -0.39 is 0 Å². The summed E-state index contributed by atoms with van der Waals surface area (Å²) in [6.45, 7) is 6.34. The third-order valence-corrected chi connectivity index (χ3v) is 3.34. The Bertz CT molecular complexity index is 545. The number of rotatable bonds is 6. The maximum atomic E-state index is 6.18. The van der Waals surface area contributed by atoms with Crippen LogP contribution >= 0.6 is 11.6 Å². The van der Waals surface area contributed by atoms with Crippen LogP contribution in [-0.4, -0.2) is 24.2 Å². The number of ether oxygens (including phenoxy) is 1. The first-order valence-electron chi connectivity index (χ1n) is 6.55. The fourth-order valence-electron chi connectivity index (χ4n) is 1.98. The molecular weight excluding hydrogens is 260 g/mol. The van der Waals surface area contributed by atoms with Gasteiger partial charge in [-0.15, -0.1) is 0 Å². The van der Waals surface area contributed by atoms with Gasteiger partial charge in [-0.1, -0.05) is 17.7 Å². The summed E-state index contributed by atoms with van der Waals surface area (Å²) in [7, 11) is 0. The van der Waals surface area contributed by atoms with Gasteiger partial charge in [0.2, 0.25) is 0 Å². The monoisotopic (exact) mass is 278 g/mol. The minimum atomic E-state index is 0.314. The van der Waals surface area contributed by atoms with Gasteiger partial charge in [0.05, 0.1) is 12.1 Å². The molecule has 102 valence electrons. The number of pyridine rings is 1. The molecule has 19 heavy (non-hydrogen) atoms. The van der Waals surface area contributed by atoms with Gasteiger partial charge in [0.15, 0.2) is 0 Å². The Labute approximate surface area is 118 Å². The van der Waals surface area contributed by atoms with Crippen LogP contribution in [0.25, 0.3) is 10.9 Å². The van der Waals surface area contributed by atoms with Crippen molar-refractivity contribution in [2.45, 2.75) is 26.4 Å². The zero-order chi connectivity index (χ0) is 13.7. The fourth-order valence-corrected chi connectivity index (χ4v) is 2.19. The molecule has 3 nitrogen and oxygen atoms in total. The van der Waals surface area contributed by atoms with Gasteiger partial charge in [-0.2, -0.15) is 0 Å². The van der Waals surface area contributed by atoms with E-state index in [4.69, 9.17) is 16.3 Å². The molecule has 2 rings (SSSR count). The van der Waals surface area contributed by atoms with Crippen molar-refractivity contribution < 1.29 is 4.74 Å². The molecule has 0 aliphatic carbocycles. The van der Waals surface area contributed by atoms with Gasteiger partial charge < -0.3 is 10.1 Å². The average molecular weight is 279 g/mol. The maximum absolute atomic E-state index is 6.18. The summed E-state index contributed by atoms with van der Waals surface area (Å²) >= 11 is 6.18. The minimum absolute atomic E-state index is 0.314. The fraction of sp³-hybridized carbons (Fsp3) is 0.400. The Morgan fingerprint density at radius 1 is 1.37 bits per heavy atom. The van der Waals surface area contributed by atoms with Crippen molar-refractivity contribution in [3.8, 4) is 0 Å². The first-order chi connectivity index (χ1) is 9.22. The molecule has 0 radical (unpaired) electrons. The second-order valence-corrected chi connectivity index (χ2v) is 4.95. The molecule has 0 aliphatic heterocycles. The summed E-state index contributed by atoms with van der Waals surface area (Å²) in [4.78, 5) is 4.43. The van der Waals surface area contributed by atoms with Gasteiger partial charge in [-0.05, 0) is 37.6 Å². The molecule has 0 spiro atoms. The molecule has 0 aliphatic rings. The molecule has 0 saturated carbocycles. The predicted molar refractivity (Wildman–Crippen MR) is 79.5 cm³/mol. The van der Waals surface area contributed by atoms with E-state index in [1.165, 1.54) is 0 Å². The molecule has 1 heterocycles. The Morgan fingerprint density at radius 3 is 3.00 bits per heavy atom. The largest absolute Gasteiger partial charge is 0.380 e. The second-order valence-electron chi connectivity index (χ2n) is 4.55. The molecule has 0 bridgehead atoms. The van der Waals surface area contributed by atoms with Crippen LogP contribution < -0.4 is 5.32 Å². The summed E-state index contributed by atoms with van der Waals surface area (Å²) in [6.07, 6.45) is 1.80. The number of nitrogens with one attached hydrogen (secondary N) is 1. The zero-order valence-electron chi connectivity index (χ0n) is 11.3. The highest BCUT2D eigenvalue weighted by Crippen LogP contribution is 2.24. The smallest absolute Gasteiger partial charge is 0.0761 e. The standard InChI is InChI=1S/C15H19ClN2O/c1-3-19-10-11(2)18-9-12-6-7-14(16)13-5-4-8-17-15(12)13/h4-8,11,18H,3,9-10H2,1-2H3. The Hall–Kier alpha value is -1.16. The van der Waals surface area contributed by atoms with Crippen molar-refractivity contribution in [1.82, 2.24) is 10.3 Å². The third kappa shape index (κ3) is 3.66. The van der Waals surface area contributed by atoms with Crippen molar-refractivity contribution in [2.24, 2.45) is 0 Å². The van der Waals surface area contributed by atoms with E-state index in [1.54, 1.807) is 6.20 Å². The first-order valence-corrected chi connectivity index (χ1v) is 6.93. The number of benzene rings is 1. The van der Waals surface area contributed by atoms with Gasteiger partial charge in [0.1, 0.15) is 0 Å². The van der Waals surface area contributed by atoms with E-state index in [0.29, 0.717) is 6.04 Å².